The van der Waals surface area contributed by atoms with Crippen molar-refractivity contribution in [1.29, 1.82) is 0 Å². The fourth-order valence-corrected chi connectivity index (χ4v) is 2.89. The molecule has 23 heavy (non-hydrogen) atoms. The summed E-state index contributed by atoms with van der Waals surface area (Å²) in [5, 5.41) is 23.8. The molecule has 1 amide bonds. The second-order valence-corrected chi connectivity index (χ2v) is 6.05. The van der Waals surface area contributed by atoms with E-state index in [2.05, 4.69) is 25.7 Å². The average Bonchev–Trinajstić information content (AvgIpc) is 3.16. The van der Waals surface area contributed by atoms with E-state index in [1.54, 1.807) is 6.07 Å². The summed E-state index contributed by atoms with van der Waals surface area (Å²) in [6, 6.07) is 3.55. The summed E-state index contributed by atoms with van der Waals surface area (Å²) in [6.07, 6.45) is 0.864. The maximum absolute atomic E-state index is 12.0. The van der Waals surface area contributed by atoms with Crippen LogP contribution in [-0.2, 0) is 0 Å². The summed E-state index contributed by atoms with van der Waals surface area (Å²) in [4.78, 5) is 14.2. The zero-order valence-corrected chi connectivity index (χ0v) is 13.4. The fourth-order valence-electron chi connectivity index (χ4n) is 2.89. The van der Waals surface area contributed by atoms with Crippen LogP contribution in [0, 0.1) is 0 Å². The molecule has 0 bridgehead atoms. The van der Waals surface area contributed by atoms with Gasteiger partial charge >= 0.3 is 0 Å². The minimum Gasteiger partial charge on any atom is -0.393 e. The number of anilines is 1. The maximum Gasteiger partial charge on any atom is 0.271 e. The van der Waals surface area contributed by atoms with Gasteiger partial charge in [-0.3, -0.25) is 4.79 Å². The molecular weight excluding hydrogens is 294 g/mol. The third kappa shape index (κ3) is 3.68. The summed E-state index contributed by atoms with van der Waals surface area (Å²) in [7, 11) is 0. The van der Waals surface area contributed by atoms with Crippen LogP contribution in [0.5, 0.6) is 0 Å². The number of aromatic nitrogens is 2. The van der Waals surface area contributed by atoms with Crippen LogP contribution in [0.4, 0.5) is 5.82 Å². The molecule has 2 aliphatic heterocycles. The summed E-state index contributed by atoms with van der Waals surface area (Å²) in [6.45, 7) is 6.05. The number of amides is 1. The lowest BCUT2D eigenvalue weighted by Gasteiger charge is -2.18. The molecule has 0 aromatic carbocycles. The Morgan fingerprint density at radius 2 is 2.09 bits per heavy atom. The Balaban J connectivity index is 1.52. The molecule has 0 radical (unpaired) electrons. The van der Waals surface area contributed by atoms with Crippen molar-refractivity contribution in [2.24, 2.45) is 0 Å². The number of carbonyl (C=O) groups is 1. The number of nitrogens with zero attached hydrogens (tertiary/aromatic N) is 3. The van der Waals surface area contributed by atoms with Gasteiger partial charge in [-0.2, -0.15) is 0 Å². The largest absolute Gasteiger partial charge is 0.393 e. The Hall–Kier alpha value is -1.99. The average molecular weight is 317 g/mol. The van der Waals surface area contributed by atoms with E-state index in [0.29, 0.717) is 25.1 Å². The van der Waals surface area contributed by atoms with Gasteiger partial charge in [-0.25, -0.2) is 0 Å². The number of aliphatic hydroxyl groups excluding tert-OH is 1. The predicted octanol–water partition coefficient (Wildman–Crippen LogP) is 0.0872. The van der Waals surface area contributed by atoms with E-state index in [1.165, 1.54) is 11.1 Å². The Morgan fingerprint density at radius 3 is 2.70 bits per heavy atom. The van der Waals surface area contributed by atoms with Crippen LogP contribution < -0.4 is 15.5 Å². The van der Waals surface area contributed by atoms with Crippen LogP contribution in [0.1, 0.15) is 30.3 Å². The van der Waals surface area contributed by atoms with Crippen molar-refractivity contribution in [3.05, 3.63) is 29.0 Å². The molecule has 7 nitrogen and oxygen atoms in total. The molecule has 2 aliphatic rings. The summed E-state index contributed by atoms with van der Waals surface area (Å²) in [5.41, 5.74) is 3.20. The van der Waals surface area contributed by atoms with E-state index in [4.69, 9.17) is 0 Å². The smallest absolute Gasteiger partial charge is 0.271 e. The minimum atomic E-state index is -0.372. The first kappa shape index (κ1) is 15.9. The summed E-state index contributed by atoms with van der Waals surface area (Å²) >= 11 is 0. The maximum atomic E-state index is 12.0. The van der Waals surface area contributed by atoms with Crippen molar-refractivity contribution in [3.63, 3.8) is 0 Å². The van der Waals surface area contributed by atoms with Crippen molar-refractivity contribution in [3.8, 4) is 0 Å². The highest BCUT2D eigenvalue weighted by molar-refractivity contribution is 5.92. The van der Waals surface area contributed by atoms with E-state index in [0.717, 1.165) is 32.0 Å². The second kappa shape index (κ2) is 7.06. The lowest BCUT2D eigenvalue weighted by molar-refractivity contribution is 0.0936. The highest BCUT2D eigenvalue weighted by Gasteiger charge is 2.26. The van der Waals surface area contributed by atoms with E-state index in [1.807, 2.05) is 13.0 Å². The van der Waals surface area contributed by atoms with Crippen LogP contribution in [0.15, 0.2) is 23.3 Å². The molecule has 124 valence electrons. The molecule has 0 spiro atoms. The van der Waals surface area contributed by atoms with Crippen LogP contribution >= 0.6 is 0 Å². The quantitative estimate of drug-likeness (QED) is 0.644. The van der Waals surface area contributed by atoms with Gasteiger partial charge in [0.05, 0.1) is 6.10 Å². The van der Waals surface area contributed by atoms with Crippen molar-refractivity contribution in [1.82, 2.24) is 20.8 Å². The predicted molar refractivity (Wildman–Crippen MR) is 87.4 cm³/mol. The number of carbonyl (C=O) groups excluding carboxylic acids is 1. The molecule has 3 rings (SSSR count). The van der Waals surface area contributed by atoms with Gasteiger partial charge in [0.25, 0.3) is 5.91 Å². The summed E-state index contributed by atoms with van der Waals surface area (Å²) in [5.74, 6) is 0.552. The number of aliphatic hydroxyl groups is 1. The van der Waals surface area contributed by atoms with Crippen molar-refractivity contribution in [2.75, 3.05) is 37.6 Å². The van der Waals surface area contributed by atoms with E-state index in [-0.39, 0.29) is 12.0 Å². The number of hydrogen-bond donors (Lipinski definition) is 3. The Morgan fingerprint density at radius 1 is 1.35 bits per heavy atom. The fraction of sp³-hybridized carbons (Fsp3) is 0.562. The Bertz CT molecular complexity index is 583. The molecule has 3 N–H and O–H groups in total. The SMILES string of the molecule is CCC(O)CCNC(=O)c1ccc(N2CC3=C(CNC3)C2)nn1. The molecular formula is C16H23N5O2. The topological polar surface area (TPSA) is 90.4 Å². The first-order valence-corrected chi connectivity index (χ1v) is 8.12. The Labute approximate surface area is 135 Å². The molecule has 3 heterocycles. The molecule has 0 fully saturated rings. The first-order valence-electron chi connectivity index (χ1n) is 8.12. The minimum absolute atomic E-state index is 0.251. The number of hydrogen-bond acceptors (Lipinski definition) is 6. The van der Waals surface area contributed by atoms with Crippen molar-refractivity contribution < 1.29 is 9.90 Å². The van der Waals surface area contributed by atoms with Gasteiger partial charge in [0.1, 0.15) is 0 Å². The van der Waals surface area contributed by atoms with Crippen molar-refractivity contribution >= 4 is 11.7 Å². The zero-order chi connectivity index (χ0) is 16.2. The normalized spacial score (nSPS) is 18.3. The Kier molecular flexibility index (Phi) is 4.88. The monoisotopic (exact) mass is 317 g/mol. The highest BCUT2D eigenvalue weighted by Crippen LogP contribution is 2.24. The molecule has 7 heteroatoms. The lowest BCUT2D eigenvalue weighted by Crippen LogP contribution is -2.29. The standard InChI is InChI=1S/C16H23N5O2/c1-2-13(22)5-6-18-16(23)14-3-4-15(20-19-14)21-9-11-7-17-8-12(11)10-21/h3-4,13,17,22H,2,5-10H2,1H3,(H,18,23). The molecule has 1 atom stereocenters. The van der Waals surface area contributed by atoms with Crippen LogP contribution in [0.2, 0.25) is 0 Å². The molecule has 1 aromatic rings. The summed E-state index contributed by atoms with van der Waals surface area (Å²) < 4.78 is 0. The van der Waals surface area contributed by atoms with E-state index in [9.17, 15) is 9.90 Å². The molecule has 1 unspecified atom stereocenters. The van der Waals surface area contributed by atoms with Gasteiger partial charge in [-0.1, -0.05) is 6.92 Å². The molecule has 1 aromatic heterocycles. The highest BCUT2D eigenvalue weighted by atomic mass is 16.3. The molecule has 0 aliphatic carbocycles. The number of rotatable bonds is 6. The number of nitrogens with one attached hydrogen (secondary N) is 2. The van der Waals surface area contributed by atoms with E-state index < -0.39 is 0 Å². The van der Waals surface area contributed by atoms with Gasteiger partial charge in [0.15, 0.2) is 11.5 Å². The van der Waals surface area contributed by atoms with Crippen LogP contribution in [-0.4, -0.2) is 60.0 Å². The first-order chi connectivity index (χ1) is 11.2. The zero-order valence-electron chi connectivity index (χ0n) is 13.4. The van der Waals surface area contributed by atoms with Gasteiger partial charge in [-0.05, 0) is 36.1 Å². The van der Waals surface area contributed by atoms with Gasteiger partial charge in [0, 0.05) is 32.7 Å². The second-order valence-electron chi connectivity index (χ2n) is 6.05. The van der Waals surface area contributed by atoms with Crippen LogP contribution in [0.3, 0.4) is 0 Å². The van der Waals surface area contributed by atoms with E-state index >= 15 is 0 Å². The van der Waals surface area contributed by atoms with Crippen LogP contribution in [0.25, 0.3) is 0 Å². The third-order valence-electron chi connectivity index (χ3n) is 4.38. The van der Waals surface area contributed by atoms with Gasteiger partial charge in [-0.15, -0.1) is 10.2 Å². The molecule has 0 saturated heterocycles. The molecule has 0 saturated carbocycles. The van der Waals surface area contributed by atoms with Gasteiger partial charge < -0.3 is 20.6 Å². The van der Waals surface area contributed by atoms with Crippen molar-refractivity contribution in [2.45, 2.75) is 25.9 Å². The lowest BCUT2D eigenvalue weighted by atomic mass is 10.2. The van der Waals surface area contributed by atoms with Gasteiger partial charge in [0.2, 0.25) is 0 Å². The third-order valence-corrected chi connectivity index (χ3v) is 4.38.